The van der Waals surface area contributed by atoms with Crippen molar-refractivity contribution in [3.05, 3.63) is 65.7 Å². The van der Waals surface area contributed by atoms with Crippen LogP contribution in [-0.4, -0.2) is 41.0 Å². The summed E-state index contributed by atoms with van der Waals surface area (Å²) in [6, 6.07) is 6.34. The van der Waals surface area contributed by atoms with Gasteiger partial charge < -0.3 is 15.3 Å². The van der Waals surface area contributed by atoms with Gasteiger partial charge in [0.25, 0.3) is 0 Å². The van der Waals surface area contributed by atoms with E-state index in [1.54, 1.807) is 17.1 Å². The summed E-state index contributed by atoms with van der Waals surface area (Å²) in [4.78, 5) is 27.3. The Balaban J connectivity index is 2.12. The van der Waals surface area contributed by atoms with E-state index in [1.807, 2.05) is 45.0 Å². The van der Waals surface area contributed by atoms with Gasteiger partial charge in [-0.1, -0.05) is 81.9 Å². The predicted molar refractivity (Wildman–Crippen MR) is 126 cm³/mol. The van der Waals surface area contributed by atoms with Crippen molar-refractivity contribution in [1.29, 1.82) is 0 Å². The van der Waals surface area contributed by atoms with E-state index in [1.165, 1.54) is 0 Å². The Hall–Kier alpha value is -2.37. The molecule has 0 bridgehead atoms. The molecule has 1 aromatic carbocycles. The highest BCUT2D eigenvalue weighted by Gasteiger charge is 2.36. The molecule has 2 rings (SSSR count). The largest absolute Gasteiger partial charge is 0.394 e. The van der Waals surface area contributed by atoms with Gasteiger partial charge in [-0.25, -0.2) is 0 Å². The van der Waals surface area contributed by atoms with Crippen molar-refractivity contribution >= 4 is 29.0 Å². The number of halogens is 1. The second kappa shape index (κ2) is 10.8. The van der Waals surface area contributed by atoms with Gasteiger partial charge in [-0.15, -0.1) is 0 Å². The zero-order chi connectivity index (χ0) is 23.2. The number of rotatable bonds is 8. The van der Waals surface area contributed by atoms with E-state index in [2.05, 4.69) is 18.5 Å². The zero-order valence-corrected chi connectivity index (χ0v) is 19.4. The van der Waals surface area contributed by atoms with Crippen LogP contribution in [0.4, 0.5) is 0 Å². The third-order valence-electron chi connectivity index (χ3n) is 5.26. The van der Waals surface area contributed by atoms with Crippen LogP contribution in [0, 0.1) is 5.41 Å². The maximum atomic E-state index is 13.0. The first kappa shape index (κ1) is 24.9. The summed E-state index contributed by atoms with van der Waals surface area (Å²) < 4.78 is 0. The Bertz CT molecular complexity index is 853. The summed E-state index contributed by atoms with van der Waals surface area (Å²) in [5, 5.41) is 13.2. The first-order valence-electron chi connectivity index (χ1n) is 10.6. The molecule has 1 heterocycles. The lowest BCUT2D eigenvalue weighted by atomic mass is 9.91. The molecular weight excluding hydrogens is 412 g/mol. The molecule has 1 aromatic rings. The molecule has 0 aromatic heterocycles. The number of aliphatic hydroxyl groups excluding tert-OH is 1. The average Bonchev–Trinajstić information content (AvgIpc) is 3.19. The Kier molecular flexibility index (Phi) is 8.66. The fraction of sp³-hybridized carbons (Fsp3) is 0.440. The van der Waals surface area contributed by atoms with Crippen molar-refractivity contribution in [3.63, 3.8) is 0 Å². The van der Waals surface area contributed by atoms with E-state index >= 15 is 0 Å². The van der Waals surface area contributed by atoms with Crippen molar-refractivity contribution in [3.8, 4) is 0 Å². The quantitative estimate of drug-likeness (QED) is 0.576. The van der Waals surface area contributed by atoms with Crippen molar-refractivity contribution in [2.75, 3.05) is 13.2 Å². The Morgan fingerprint density at radius 1 is 1.32 bits per heavy atom. The molecular formula is C25H33ClN2O3. The summed E-state index contributed by atoms with van der Waals surface area (Å²) in [5.41, 5.74) is 2.25. The molecule has 1 aliphatic rings. The summed E-state index contributed by atoms with van der Waals surface area (Å²) in [5.74, 6) is -0.234. The number of aliphatic hydroxyl groups is 1. The molecule has 1 aliphatic heterocycles. The fourth-order valence-corrected chi connectivity index (χ4v) is 3.92. The highest BCUT2D eigenvalue weighted by molar-refractivity contribution is 6.36. The van der Waals surface area contributed by atoms with Gasteiger partial charge in [-0.2, -0.15) is 0 Å². The van der Waals surface area contributed by atoms with Gasteiger partial charge in [-0.3, -0.25) is 9.59 Å². The normalized spacial score (nSPS) is 17.9. The van der Waals surface area contributed by atoms with Crippen LogP contribution >= 0.6 is 11.6 Å². The standard InChI is InChI=1S/C25H33ClN2O3/c1-6-8-20(17(2)26)18-10-12-19(13-11-18)21(16-29)27-24(31)22-9-7-14-28(22)23(30)15-25(3,4)5/h6,8,10-13,21-22,29H,1-2,7,9,14-16H2,3-5H3,(H,27,31)/b20-8+. The van der Waals surface area contributed by atoms with Crippen molar-refractivity contribution < 1.29 is 14.7 Å². The highest BCUT2D eigenvalue weighted by Crippen LogP contribution is 2.27. The third kappa shape index (κ3) is 6.81. The molecule has 31 heavy (non-hydrogen) atoms. The van der Waals surface area contributed by atoms with Crippen LogP contribution in [-0.2, 0) is 9.59 Å². The lowest BCUT2D eigenvalue weighted by molar-refractivity contribution is -0.140. The van der Waals surface area contributed by atoms with Crippen molar-refractivity contribution in [1.82, 2.24) is 10.2 Å². The molecule has 1 saturated heterocycles. The number of amides is 2. The topological polar surface area (TPSA) is 69.6 Å². The SMILES string of the molecule is C=C/C=C(\C(=C)Cl)c1ccc(C(CO)NC(=O)C2CCCN2C(=O)CC(C)(C)C)cc1. The third-order valence-corrected chi connectivity index (χ3v) is 5.46. The van der Waals surface area contributed by atoms with Gasteiger partial charge in [0.1, 0.15) is 6.04 Å². The van der Waals surface area contributed by atoms with Gasteiger partial charge in [0, 0.05) is 18.0 Å². The summed E-state index contributed by atoms with van der Waals surface area (Å²) in [6.07, 6.45) is 5.24. The molecule has 1 fully saturated rings. The number of hydrogen-bond acceptors (Lipinski definition) is 3. The van der Waals surface area contributed by atoms with Gasteiger partial charge in [-0.05, 0) is 35.0 Å². The maximum Gasteiger partial charge on any atom is 0.243 e. The molecule has 6 heteroatoms. The number of allylic oxidation sites excluding steroid dienone is 4. The first-order valence-corrected chi connectivity index (χ1v) is 10.9. The fourth-order valence-electron chi connectivity index (χ4n) is 3.75. The molecule has 0 saturated carbocycles. The number of nitrogens with zero attached hydrogens (tertiary/aromatic N) is 1. The molecule has 2 N–H and O–H groups in total. The Morgan fingerprint density at radius 2 is 1.97 bits per heavy atom. The Morgan fingerprint density at radius 3 is 2.48 bits per heavy atom. The van der Waals surface area contributed by atoms with Crippen LogP contribution in [0.15, 0.2) is 54.6 Å². The smallest absolute Gasteiger partial charge is 0.243 e. The summed E-state index contributed by atoms with van der Waals surface area (Å²) >= 11 is 6.07. The second-order valence-corrected chi connectivity index (χ2v) is 9.53. The number of nitrogens with one attached hydrogen (secondary N) is 1. The van der Waals surface area contributed by atoms with E-state index in [0.717, 1.165) is 23.1 Å². The van der Waals surface area contributed by atoms with Crippen LogP contribution in [0.2, 0.25) is 0 Å². The summed E-state index contributed by atoms with van der Waals surface area (Å²) in [7, 11) is 0. The van der Waals surface area contributed by atoms with Gasteiger partial charge >= 0.3 is 0 Å². The van der Waals surface area contributed by atoms with E-state index in [9.17, 15) is 14.7 Å². The number of carbonyl (C=O) groups is 2. The lowest BCUT2D eigenvalue weighted by Crippen LogP contribution is -2.48. The highest BCUT2D eigenvalue weighted by atomic mass is 35.5. The minimum absolute atomic E-state index is 0.00195. The minimum atomic E-state index is -0.562. The first-order chi connectivity index (χ1) is 14.6. The molecule has 2 atom stereocenters. The lowest BCUT2D eigenvalue weighted by Gasteiger charge is -2.29. The molecule has 2 unspecified atom stereocenters. The number of likely N-dealkylation sites (tertiary alicyclic amines) is 1. The van der Waals surface area contributed by atoms with Gasteiger partial charge in [0.05, 0.1) is 12.6 Å². The van der Waals surface area contributed by atoms with Crippen molar-refractivity contribution in [2.24, 2.45) is 5.41 Å². The van der Waals surface area contributed by atoms with Crippen LogP contribution in [0.3, 0.4) is 0 Å². The van der Waals surface area contributed by atoms with E-state index < -0.39 is 12.1 Å². The maximum absolute atomic E-state index is 13.0. The minimum Gasteiger partial charge on any atom is -0.394 e. The molecule has 5 nitrogen and oxygen atoms in total. The van der Waals surface area contributed by atoms with Gasteiger partial charge in [0.15, 0.2) is 0 Å². The van der Waals surface area contributed by atoms with E-state index in [-0.39, 0.29) is 23.8 Å². The summed E-state index contributed by atoms with van der Waals surface area (Å²) in [6.45, 7) is 13.8. The molecule has 0 spiro atoms. The molecule has 168 valence electrons. The van der Waals surface area contributed by atoms with Gasteiger partial charge in [0.2, 0.25) is 11.8 Å². The zero-order valence-electron chi connectivity index (χ0n) is 18.7. The molecule has 0 radical (unpaired) electrons. The number of carbonyl (C=O) groups excluding carboxylic acids is 2. The molecule has 0 aliphatic carbocycles. The monoisotopic (exact) mass is 444 g/mol. The van der Waals surface area contributed by atoms with E-state index in [4.69, 9.17) is 11.6 Å². The number of hydrogen-bond donors (Lipinski definition) is 2. The van der Waals surface area contributed by atoms with Crippen LogP contribution in [0.5, 0.6) is 0 Å². The number of benzene rings is 1. The van der Waals surface area contributed by atoms with Crippen molar-refractivity contribution in [2.45, 2.75) is 52.1 Å². The van der Waals surface area contributed by atoms with Crippen LogP contribution < -0.4 is 5.32 Å². The molecule has 2 amide bonds. The predicted octanol–water partition coefficient (Wildman–Crippen LogP) is 4.59. The van der Waals surface area contributed by atoms with Crippen LogP contribution in [0.25, 0.3) is 5.57 Å². The van der Waals surface area contributed by atoms with Crippen LogP contribution in [0.1, 0.15) is 57.2 Å². The van der Waals surface area contributed by atoms with E-state index in [0.29, 0.717) is 24.4 Å². The Labute approximate surface area is 190 Å². The average molecular weight is 445 g/mol. The second-order valence-electron chi connectivity index (χ2n) is 9.07.